The summed E-state index contributed by atoms with van der Waals surface area (Å²) in [4.78, 5) is 4.19. The summed E-state index contributed by atoms with van der Waals surface area (Å²) < 4.78 is 4.98. The molecule has 1 heterocycles. The second kappa shape index (κ2) is 3.76. The van der Waals surface area contributed by atoms with Crippen molar-refractivity contribution < 1.29 is 4.74 Å². The van der Waals surface area contributed by atoms with Crippen LogP contribution >= 0.6 is 11.6 Å². The summed E-state index contributed by atoms with van der Waals surface area (Å²) in [7, 11) is 1.60. The maximum atomic E-state index is 5.96. The van der Waals surface area contributed by atoms with E-state index in [-0.39, 0.29) is 0 Å². The van der Waals surface area contributed by atoms with Gasteiger partial charge in [-0.3, -0.25) is 4.98 Å². The second-order valence-corrected chi connectivity index (χ2v) is 3.30. The Hall–Kier alpha value is -0.760. The van der Waals surface area contributed by atoms with E-state index in [1.165, 1.54) is 0 Å². The van der Waals surface area contributed by atoms with Gasteiger partial charge in [0.15, 0.2) is 0 Å². The third kappa shape index (κ3) is 1.89. The van der Waals surface area contributed by atoms with E-state index in [0.29, 0.717) is 16.7 Å². The van der Waals surface area contributed by atoms with E-state index >= 15 is 0 Å². The number of pyridine rings is 1. The number of hydrogen-bond donors (Lipinski definition) is 0. The molecule has 0 radical (unpaired) electrons. The van der Waals surface area contributed by atoms with Gasteiger partial charge in [0.1, 0.15) is 5.75 Å². The number of methoxy groups -OCH3 is 1. The highest BCUT2D eigenvalue weighted by Crippen LogP contribution is 2.25. The van der Waals surface area contributed by atoms with Crippen LogP contribution in [0.15, 0.2) is 12.3 Å². The highest BCUT2D eigenvalue weighted by molar-refractivity contribution is 6.31. The number of ether oxygens (including phenoxy) is 1. The summed E-state index contributed by atoms with van der Waals surface area (Å²) in [6.07, 6.45) is 1.68. The Morgan fingerprint density at radius 2 is 2.17 bits per heavy atom. The van der Waals surface area contributed by atoms with Gasteiger partial charge in [0.2, 0.25) is 0 Å². The maximum absolute atomic E-state index is 5.96. The lowest BCUT2D eigenvalue weighted by molar-refractivity contribution is 0.412. The van der Waals surface area contributed by atoms with Gasteiger partial charge in [-0.25, -0.2) is 0 Å². The standard InChI is InChI=1S/C9H12ClNO/c1-6(2)9-8(10)4-7(12-3)5-11-9/h4-6H,1-3H3. The maximum Gasteiger partial charge on any atom is 0.138 e. The normalized spacial score (nSPS) is 10.4. The molecule has 0 aliphatic carbocycles. The molecule has 0 saturated carbocycles. The molecule has 66 valence electrons. The molecule has 0 aromatic carbocycles. The van der Waals surface area contributed by atoms with Gasteiger partial charge in [0, 0.05) is 6.07 Å². The van der Waals surface area contributed by atoms with Crippen molar-refractivity contribution in [2.24, 2.45) is 0 Å². The number of halogens is 1. The molecule has 0 atom stereocenters. The molecule has 0 aliphatic rings. The molecular formula is C9H12ClNO. The van der Waals surface area contributed by atoms with Crippen molar-refractivity contribution in [2.45, 2.75) is 19.8 Å². The van der Waals surface area contributed by atoms with Gasteiger partial charge in [-0.15, -0.1) is 0 Å². The van der Waals surface area contributed by atoms with Crippen LogP contribution in [0, 0.1) is 0 Å². The van der Waals surface area contributed by atoms with Gasteiger partial charge in [-0.2, -0.15) is 0 Å². The number of hydrogen-bond acceptors (Lipinski definition) is 2. The van der Waals surface area contributed by atoms with Crippen LogP contribution < -0.4 is 4.74 Å². The van der Waals surface area contributed by atoms with Crippen molar-refractivity contribution in [3.8, 4) is 5.75 Å². The van der Waals surface area contributed by atoms with Crippen LogP contribution in [-0.4, -0.2) is 12.1 Å². The van der Waals surface area contributed by atoms with Crippen LogP contribution in [0.25, 0.3) is 0 Å². The Morgan fingerprint density at radius 1 is 1.50 bits per heavy atom. The SMILES string of the molecule is COc1cnc(C(C)C)c(Cl)c1. The molecule has 2 nitrogen and oxygen atoms in total. The Balaban J connectivity index is 3.03. The predicted molar refractivity (Wildman–Crippen MR) is 49.9 cm³/mol. The molecule has 0 spiro atoms. The fourth-order valence-corrected chi connectivity index (χ4v) is 1.34. The van der Waals surface area contributed by atoms with E-state index in [2.05, 4.69) is 18.8 Å². The van der Waals surface area contributed by atoms with Crippen molar-refractivity contribution in [3.63, 3.8) is 0 Å². The highest BCUT2D eigenvalue weighted by atomic mass is 35.5. The van der Waals surface area contributed by atoms with Gasteiger partial charge in [0.25, 0.3) is 0 Å². The predicted octanol–water partition coefficient (Wildman–Crippen LogP) is 2.87. The molecule has 1 aromatic heterocycles. The van der Waals surface area contributed by atoms with E-state index < -0.39 is 0 Å². The van der Waals surface area contributed by atoms with Gasteiger partial charge >= 0.3 is 0 Å². The zero-order valence-corrected chi connectivity index (χ0v) is 8.22. The van der Waals surface area contributed by atoms with E-state index in [1.54, 1.807) is 19.4 Å². The molecular weight excluding hydrogens is 174 g/mol. The van der Waals surface area contributed by atoms with Crippen molar-refractivity contribution in [1.82, 2.24) is 4.98 Å². The lowest BCUT2D eigenvalue weighted by Gasteiger charge is -2.07. The molecule has 0 bridgehead atoms. The molecule has 1 rings (SSSR count). The van der Waals surface area contributed by atoms with Crippen molar-refractivity contribution >= 4 is 11.6 Å². The summed E-state index contributed by atoms with van der Waals surface area (Å²) in [6.45, 7) is 4.11. The van der Waals surface area contributed by atoms with Crippen molar-refractivity contribution in [2.75, 3.05) is 7.11 Å². The first-order valence-electron chi connectivity index (χ1n) is 3.84. The second-order valence-electron chi connectivity index (χ2n) is 2.90. The molecule has 1 aromatic rings. The molecule has 0 amide bonds. The monoisotopic (exact) mass is 185 g/mol. The van der Waals surface area contributed by atoms with Crippen LogP contribution in [0.3, 0.4) is 0 Å². The minimum atomic E-state index is 0.350. The summed E-state index contributed by atoms with van der Waals surface area (Å²) >= 11 is 5.96. The Kier molecular flexibility index (Phi) is 2.93. The molecule has 0 saturated heterocycles. The van der Waals surface area contributed by atoms with Crippen LogP contribution in [0.2, 0.25) is 5.02 Å². The number of rotatable bonds is 2. The van der Waals surface area contributed by atoms with Crippen LogP contribution in [0.5, 0.6) is 5.75 Å². The topological polar surface area (TPSA) is 22.1 Å². The average molecular weight is 186 g/mol. The van der Waals surface area contributed by atoms with Gasteiger partial charge in [0.05, 0.1) is 24.0 Å². The van der Waals surface area contributed by atoms with Crippen LogP contribution in [-0.2, 0) is 0 Å². The van der Waals surface area contributed by atoms with Crippen molar-refractivity contribution in [1.29, 1.82) is 0 Å². The number of nitrogens with zero attached hydrogens (tertiary/aromatic N) is 1. The minimum Gasteiger partial charge on any atom is -0.495 e. The van der Waals surface area contributed by atoms with Gasteiger partial charge in [-0.1, -0.05) is 25.4 Å². The Labute approximate surface area is 77.5 Å². The molecule has 3 heteroatoms. The fourth-order valence-electron chi connectivity index (χ4n) is 0.967. The van der Waals surface area contributed by atoms with E-state index in [9.17, 15) is 0 Å². The first kappa shape index (κ1) is 9.33. The lowest BCUT2D eigenvalue weighted by atomic mass is 10.1. The molecule has 12 heavy (non-hydrogen) atoms. The summed E-state index contributed by atoms with van der Waals surface area (Å²) in [5.41, 5.74) is 0.914. The van der Waals surface area contributed by atoms with Gasteiger partial charge < -0.3 is 4.74 Å². The largest absolute Gasteiger partial charge is 0.495 e. The van der Waals surface area contributed by atoms with E-state index in [0.717, 1.165) is 5.69 Å². The van der Waals surface area contributed by atoms with E-state index in [4.69, 9.17) is 16.3 Å². The van der Waals surface area contributed by atoms with Gasteiger partial charge in [-0.05, 0) is 5.92 Å². The lowest BCUT2D eigenvalue weighted by Crippen LogP contribution is -1.94. The Morgan fingerprint density at radius 3 is 2.58 bits per heavy atom. The summed E-state index contributed by atoms with van der Waals surface area (Å²) in [6, 6.07) is 1.78. The number of aromatic nitrogens is 1. The molecule has 0 N–H and O–H groups in total. The summed E-state index contributed by atoms with van der Waals surface area (Å²) in [5.74, 6) is 1.05. The summed E-state index contributed by atoms with van der Waals surface area (Å²) in [5, 5.41) is 0.671. The smallest absolute Gasteiger partial charge is 0.138 e. The minimum absolute atomic E-state index is 0.350. The Bertz CT molecular complexity index is 273. The zero-order valence-electron chi connectivity index (χ0n) is 7.47. The third-order valence-electron chi connectivity index (χ3n) is 1.63. The third-order valence-corrected chi connectivity index (χ3v) is 1.93. The van der Waals surface area contributed by atoms with Crippen LogP contribution in [0.4, 0.5) is 0 Å². The zero-order chi connectivity index (χ0) is 9.14. The first-order chi connectivity index (χ1) is 5.65. The van der Waals surface area contributed by atoms with Crippen molar-refractivity contribution in [3.05, 3.63) is 23.0 Å². The molecule has 0 unspecified atom stereocenters. The highest BCUT2D eigenvalue weighted by Gasteiger charge is 2.06. The quantitative estimate of drug-likeness (QED) is 0.707. The first-order valence-corrected chi connectivity index (χ1v) is 4.22. The fraction of sp³-hybridized carbons (Fsp3) is 0.444. The van der Waals surface area contributed by atoms with E-state index in [1.807, 2.05) is 0 Å². The molecule has 0 aliphatic heterocycles. The average Bonchev–Trinajstić information content (AvgIpc) is 2.03. The van der Waals surface area contributed by atoms with Crippen LogP contribution in [0.1, 0.15) is 25.5 Å². The molecule has 0 fully saturated rings.